The predicted octanol–water partition coefficient (Wildman–Crippen LogP) is 5.02. The van der Waals surface area contributed by atoms with Gasteiger partial charge in [-0.2, -0.15) is 5.26 Å². The topological polar surface area (TPSA) is 57.0 Å². The van der Waals surface area contributed by atoms with E-state index in [1.807, 2.05) is 54.5 Å². The Hall–Kier alpha value is -2.93. The average Bonchev–Trinajstić information content (AvgIpc) is 2.98. The lowest BCUT2D eigenvalue weighted by Crippen LogP contribution is -2.43. The summed E-state index contributed by atoms with van der Waals surface area (Å²) >= 11 is 0. The number of hydrogen-bond donors (Lipinski definition) is 0. The van der Waals surface area contributed by atoms with E-state index in [2.05, 4.69) is 44.0 Å². The normalized spacial score (nSPS) is 31.0. The van der Waals surface area contributed by atoms with Gasteiger partial charge in [0, 0.05) is 36.3 Å². The van der Waals surface area contributed by atoms with Gasteiger partial charge in [-0.3, -0.25) is 9.78 Å². The van der Waals surface area contributed by atoms with E-state index in [9.17, 15) is 10.1 Å². The number of nitrogens with zero attached hydrogens (tertiary/aromatic N) is 3. The van der Waals surface area contributed by atoms with Crippen LogP contribution in [0.2, 0.25) is 0 Å². The molecule has 0 unspecified atom stereocenters. The number of benzene rings is 1. The number of likely N-dealkylation sites (tertiary alicyclic amines) is 1. The Balaban J connectivity index is 1.58. The Morgan fingerprint density at radius 3 is 2.63 bits per heavy atom. The van der Waals surface area contributed by atoms with E-state index in [0.717, 1.165) is 23.2 Å². The number of hydrogen-bond acceptors (Lipinski definition) is 3. The second kappa shape index (κ2) is 8.07. The molecule has 0 radical (unpaired) electrons. The van der Waals surface area contributed by atoms with Gasteiger partial charge < -0.3 is 4.90 Å². The lowest BCUT2D eigenvalue weighted by Gasteiger charge is -2.43. The molecule has 1 aliphatic carbocycles. The third kappa shape index (κ3) is 3.43. The van der Waals surface area contributed by atoms with Crippen LogP contribution in [0.5, 0.6) is 0 Å². The highest BCUT2D eigenvalue weighted by Crippen LogP contribution is 2.48. The van der Waals surface area contributed by atoms with Gasteiger partial charge in [-0.15, -0.1) is 0 Å². The first-order valence-corrected chi connectivity index (χ1v) is 10.8. The summed E-state index contributed by atoms with van der Waals surface area (Å²) in [5.41, 5.74) is 3.41. The maximum Gasteiger partial charge on any atom is 0.225 e. The maximum absolute atomic E-state index is 12.6. The van der Waals surface area contributed by atoms with Gasteiger partial charge in [-0.05, 0) is 48.3 Å². The number of carbonyl (C=O) groups excluding carboxylic acids is 1. The first-order chi connectivity index (χ1) is 14.4. The van der Waals surface area contributed by atoms with Gasteiger partial charge in [0.15, 0.2) is 0 Å². The first-order valence-electron chi connectivity index (χ1n) is 10.8. The van der Waals surface area contributed by atoms with Crippen molar-refractivity contribution in [3.05, 3.63) is 59.9 Å². The van der Waals surface area contributed by atoms with Crippen molar-refractivity contribution < 1.29 is 4.79 Å². The quantitative estimate of drug-likeness (QED) is 0.728. The summed E-state index contributed by atoms with van der Waals surface area (Å²) in [7, 11) is 1.96. The predicted molar refractivity (Wildman–Crippen MR) is 119 cm³/mol. The van der Waals surface area contributed by atoms with E-state index >= 15 is 0 Å². The molecule has 154 valence electrons. The molecule has 1 aliphatic heterocycles. The number of aromatic nitrogens is 1. The summed E-state index contributed by atoms with van der Waals surface area (Å²) in [6.07, 6.45) is 7.31. The fourth-order valence-electron chi connectivity index (χ4n) is 5.48. The van der Waals surface area contributed by atoms with Crippen molar-refractivity contribution in [1.29, 1.82) is 5.26 Å². The highest BCUT2D eigenvalue weighted by molar-refractivity contribution is 5.81. The molecule has 2 aliphatic rings. The van der Waals surface area contributed by atoms with Crippen LogP contribution in [0.4, 0.5) is 0 Å². The number of carbonyl (C=O) groups is 1. The summed E-state index contributed by atoms with van der Waals surface area (Å²) in [6.45, 7) is 6.72. The molecular weight excluding hydrogens is 370 g/mol. The highest BCUT2D eigenvalue weighted by Gasteiger charge is 2.51. The Kier molecular flexibility index (Phi) is 5.47. The van der Waals surface area contributed by atoms with Gasteiger partial charge in [-0.1, -0.05) is 51.1 Å². The Labute approximate surface area is 179 Å². The molecule has 1 saturated carbocycles. The molecule has 1 aromatic heterocycles. The number of allylic oxidation sites excluding steroid dienone is 1. The molecule has 1 saturated heterocycles. The molecule has 6 atom stereocenters. The summed E-state index contributed by atoms with van der Waals surface area (Å²) in [4.78, 5) is 19.2. The van der Waals surface area contributed by atoms with E-state index in [1.54, 1.807) is 0 Å². The number of nitriles is 1. The second-order valence-corrected chi connectivity index (χ2v) is 9.02. The zero-order valence-corrected chi connectivity index (χ0v) is 18.1. The van der Waals surface area contributed by atoms with Crippen LogP contribution >= 0.6 is 0 Å². The molecule has 0 spiro atoms. The minimum absolute atomic E-state index is 0.0717. The summed E-state index contributed by atoms with van der Waals surface area (Å²) in [6, 6.07) is 14.2. The minimum Gasteiger partial charge on any atom is -0.342 e. The summed E-state index contributed by atoms with van der Waals surface area (Å²) in [5, 5.41) is 9.33. The molecule has 30 heavy (non-hydrogen) atoms. The number of rotatable bonds is 3. The van der Waals surface area contributed by atoms with Crippen LogP contribution in [-0.4, -0.2) is 28.9 Å². The number of pyridine rings is 1. The molecule has 2 aromatic rings. The Morgan fingerprint density at radius 2 is 1.93 bits per heavy atom. The van der Waals surface area contributed by atoms with Crippen molar-refractivity contribution in [2.75, 3.05) is 7.05 Å². The Bertz CT molecular complexity index is 1000. The zero-order valence-electron chi connectivity index (χ0n) is 18.1. The molecular formula is C26H29N3O. The molecule has 0 bridgehead atoms. The van der Waals surface area contributed by atoms with Crippen LogP contribution in [0.3, 0.4) is 0 Å². The SMILES string of the molecule is C[C@H]1[C@H](C=Cc2ccc(-c3ccccc3C#N)cn2)[C@H]2[C@@H](C[C@@H]1C)N(C)C(=O)[C@@H]2C. The zero-order chi connectivity index (χ0) is 21.4. The van der Waals surface area contributed by atoms with Crippen LogP contribution in [0.1, 0.15) is 38.4 Å². The third-order valence-corrected chi connectivity index (χ3v) is 7.45. The molecule has 4 rings (SSSR count). The third-order valence-electron chi connectivity index (χ3n) is 7.45. The molecule has 1 amide bonds. The van der Waals surface area contributed by atoms with Crippen LogP contribution in [0.15, 0.2) is 48.7 Å². The van der Waals surface area contributed by atoms with E-state index in [-0.39, 0.29) is 11.8 Å². The van der Waals surface area contributed by atoms with Gasteiger partial charge in [0.2, 0.25) is 5.91 Å². The van der Waals surface area contributed by atoms with Crippen LogP contribution in [-0.2, 0) is 4.79 Å². The van der Waals surface area contributed by atoms with Crippen LogP contribution in [0, 0.1) is 40.9 Å². The number of amides is 1. The van der Waals surface area contributed by atoms with Crippen molar-refractivity contribution in [3.63, 3.8) is 0 Å². The first kappa shape index (κ1) is 20.3. The average molecular weight is 400 g/mol. The minimum atomic E-state index is 0.0717. The largest absolute Gasteiger partial charge is 0.342 e. The standard InChI is InChI=1S/C26H29N3O/c1-16-13-24-25(18(3)26(30)29(24)4)22(17(16)2)12-11-21-10-9-20(15-28-21)23-8-6-5-7-19(23)14-27/h5-12,15-18,22,24-25H,13H2,1-4H3/t16-,17+,18+,22-,24+,25-/m0/s1. The highest BCUT2D eigenvalue weighted by atomic mass is 16.2. The van der Waals surface area contributed by atoms with Crippen molar-refractivity contribution in [1.82, 2.24) is 9.88 Å². The second-order valence-electron chi connectivity index (χ2n) is 9.02. The van der Waals surface area contributed by atoms with E-state index in [0.29, 0.717) is 35.3 Å². The molecule has 2 heterocycles. The molecule has 4 heteroatoms. The fourth-order valence-corrected chi connectivity index (χ4v) is 5.48. The van der Waals surface area contributed by atoms with Gasteiger partial charge >= 0.3 is 0 Å². The summed E-state index contributed by atoms with van der Waals surface area (Å²) in [5.74, 6) is 2.20. The van der Waals surface area contributed by atoms with Crippen molar-refractivity contribution in [3.8, 4) is 17.2 Å². The lowest BCUT2D eigenvalue weighted by molar-refractivity contribution is -0.130. The molecule has 0 N–H and O–H groups in total. The Morgan fingerprint density at radius 1 is 1.17 bits per heavy atom. The van der Waals surface area contributed by atoms with Gasteiger partial charge in [0.05, 0.1) is 17.3 Å². The van der Waals surface area contributed by atoms with Crippen molar-refractivity contribution >= 4 is 12.0 Å². The number of fused-ring (bicyclic) bond motifs is 1. The smallest absolute Gasteiger partial charge is 0.225 e. The van der Waals surface area contributed by atoms with Crippen molar-refractivity contribution in [2.24, 2.45) is 29.6 Å². The summed E-state index contributed by atoms with van der Waals surface area (Å²) < 4.78 is 0. The monoisotopic (exact) mass is 399 g/mol. The molecule has 2 fully saturated rings. The molecule has 1 aromatic carbocycles. The van der Waals surface area contributed by atoms with E-state index in [1.165, 1.54) is 0 Å². The van der Waals surface area contributed by atoms with E-state index < -0.39 is 0 Å². The van der Waals surface area contributed by atoms with Crippen molar-refractivity contribution in [2.45, 2.75) is 33.2 Å². The van der Waals surface area contributed by atoms with E-state index in [4.69, 9.17) is 0 Å². The fraction of sp³-hybridized carbons (Fsp3) is 0.423. The van der Waals surface area contributed by atoms with Gasteiger partial charge in [0.1, 0.15) is 0 Å². The lowest BCUT2D eigenvalue weighted by atomic mass is 9.63. The van der Waals surface area contributed by atoms with Gasteiger partial charge in [0.25, 0.3) is 0 Å². The van der Waals surface area contributed by atoms with Crippen LogP contribution in [0.25, 0.3) is 17.2 Å². The van der Waals surface area contributed by atoms with Crippen LogP contribution < -0.4 is 0 Å². The van der Waals surface area contributed by atoms with Gasteiger partial charge in [-0.25, -0.2) is 0 Å². The molecule has 4 nitrogen and oxygen atoms in total. The maximum atomic E-state index is 12.6.